The molecule has 0 amide bonds. The van der Waals surface area contributed by atoms with Gasteiger partial charge in [-0.2, -0.15) is 0 Å². The number of aryl methyl sites for hydroxylation is 1. The van der Waals surface area contributed by atoms with Gasteiger partial charge in [-0.15, -0.1) is 10.2 Å². The first-order valence-electron chi connectivity index (χ1n) is 5.93. The zero-order valence-electron chi connectivity index (χ0n) is 10.6. The molecule has 2 rings (SSSR count). The van der Waals surface area contributed by atoms with Crippen LogP contribution in [0.5, 0.6) is 0 Å². The van der Waals surface area contributed by atoms with E-state index in [1.807, 2.05) is 23.4 Å². The number of aliphatic imine (C=N–C) groups is 1. The van der Waals surface area contributed by atoms with E-state index in [1.54, 1.807) is 6.33 Å². The van der Waals surface area contributed by atoms with Crippen LogP contribution in [0, 0.1) is 5.92 Å². The van der Waals surface area contributed by atoms with Gasteiger partial charge in [0.25, 0.3) is 0 Å². The number of aromatic nitrogens is 3. The molecule has 1 aromatic heterocycles. The second-order valence-corrected chi connectivity index (χ2v) is 5.61. The van der Waals surface area contributed by atoms with Crippen molar-refractivity contribution in [2.45, 2.75) is 26.3 Å². The molecule has 1 fully saturated rings. The third-order valence-electron chi connectivity index (χ3n) is 2.91. The molecule has 0 radical (unpaired) electrons. The maximum atomic E-state index is 4.56. The van der Waals surface area contributed by atoms with Crippen molar-refractivity contribution in [2.75, 3.05) is 12.3 Å². The number of hydrogen-bond donors (Lipinski definition) is 1. The lowest BCUT2D eigenvalue weighted by Gasteiger charge is -2.12. The lowest BCUT2D eigenvalue weighted by atomic mass is 10.1. The van der Waals surface area contributed by atoms with Crippen molar-refractivity contribution in [3.05, 3.63) is 12.2 Å². The highest BCUT2D eigenvalue weighted by molar-refractivity contribution is 8.14. The van der Waals surface area contributed by atoms with Crippen molar-refractivity contribution in [1.82, 2.24) is 20.1 Å². The molecule has 1 aromatic rings. The van der Waals surface area contributed by atoms with Crippen molar-refractivity contribution in [3.63, 3.8) is 0 Å². The van der Waals surface area contributed by atoms with Crippen LogP contribution in [0.4, 0.5) is 0 Å². The Kier molecular flexibility index (Phi) is 4.04. The zero-order chi connectivity index (χ0) is 12.3. The Morgan fingerprint density at radius 1 is 1.65 bits per heavy atom. The van der Waals surface area contributed by atoms with E-state index in [4.69, 9.17) is 0 Å². The van der Waals surface area contributed by atoms with Crippen LogP contribution in [0.1, 0.15) is 19.7 Å². The molecule has 0 saturated carbocycles. The molecular formula is C11H19N5S. The number of nitrogens with zero attached hydrogens (tertiary/aromatic N) is 4. The monoisotopic (exact) mass is 253 g/mol. The predicted molar refractivity (Wildman–Crippen MR) is 71.2 cm³/mol. The first kappa shape index (κ1) is 12.4. The predicted octanol–water partition coefficient (Wildman–Crippen LogP) is 1.07. The minimum absolute atomic E-state index is 0.563. The first-order valence-corrected chi connectivity index (χ1v) is 6.92. The van der Waals surface area contributed by atoms with Gasteiger partial charge in [0.2, 0.25) is 0 Å². The van der Waals surface area contributed by atoms with Crippen molar-refractivity contribution in [2.24, 2.45) is 18.0 Å². The number of thioether (sulfide) groups is 1. The third kappa shape index (κ3) is 3.21. The summed E-state index contributed by atoms with van der Waals surface area (Å²) < 4.78 is 1.94. The molecule has 2 heterocycles. The molecule has 6 heteroatoms. The van der Waals surface area contributed by atoms with E-state index >= 15 is 0 Å². The van der Waals surface area contributed by atoms with Crippen molar-refractivity contribution < 1.29 is 0 Å². The first-order chi connectivity index (χ1) is 8.16. The molecule has 0 aliphatic carbocycles. The van der Waals surface area contributed by atoms with Crippen LogP contribution in [0.25, 0.3) is 0 Å². The van der Waals surface area contributed by atoms with Gasteiger partial charge in [0.15, 0.2) is 5.17 Å². The molecule has 1 saturated heterocycles. The molecule has 1 aliphatic rings. The van der Waals surface area contributed by atoms with E-state index in [9.17, 15) is 0 Å². The third-order valence-corrected chi connectivity index (χ3v) is 3.96. The van der Waals surface area contributed by atoms with Crippen LogP contribution in [-0.4, -0.2) is 38.3 Å². The van der Waals surface area contributed by atoms with E-state index in [0.29, 0.717) is 12.0 Å². The summed E-state index contributed by atoms with van der Waals surface area (Å²) in [6.07, 6.45) is 2.56. The Labute approximate surface area is 106 Å². The van der Waals surface area contributed by atoms with Crippen molar-refractivity contribution in [3.8, 4) is 0 Å². The standard InChI is InChI=1S/C11H19N5S/c1-8(2)9-6-17-11(14-9)12-5-4-10-15-13-7-16(10)3/h7-9H,4-6H2,1-3H3,(H,12,14)/t9-/m1/s1. The van der Waals surface area contributed by atoms with E-state index in [1.165, 1.54) is 0 Å². The van der Waals surface area contributed by atoms with Gasteiger partial charge in [0.05, 0.1) is 0 Å². The zero-order valence-corrected chi connectivity index (χ0v) is 11.4. The maximum Gasteiger partial charge on any atom is 0.156 e. The molecular weight excluding hydrogens is 234 g/mol. The normalized spacial score (nSPS) is 22.4. The number of hydrogen-bond acceptors (Lipinski definition) is 4. The number of rotatable bonds is 4. The van der Waals surface area contributed by atoms with Crippen LogP contribution in [-0.2, 0) is 13.5 Å². The summed E-state index contributed by atoms with van der Waals surface area (Å²) in [5.74, 6) is 2.77. The highest BCUT2D eigenvalue weighted by Crippen LogP contribution is 2.18. The van der Waals surface area contributed by atoms with Crippen LogP contribution in [0.3, 0.4) is 0 Å². The fourth-order valence-electron chi connectivity index (χ4n) is 1.65. The molecule has 17 heavy (non-hydrogen) atoms. The summed E-state index contributed by atoms with van der Waals surface area (Å²) in [5, 5.41) is 12.4. The van der Waals surface area contributed by atoms with E-state index in [0.717, 1.165) is 29.7 Å². The molecule has 5 nitrogen and oxygen atoms in total. The van der Waals surface area contributed by atoms with Crippen LogP contribution < -0.4 is 5.32 Å². The minimum Gasteiger partial charge on any atom is -0.361 e. The molecule has 0 unspecified atom stereocenters. The Morgan fingerprint density at radius 3 is 3.06 bits per heavy atom. The lowest BCUT2D eigenvalue weighted by Crippen LogP contribution is -2.31. The maximum absolute atomic E-state index is 4.56. The van der Waals surface area contributed by atoms with Crippen molar-refractivity contribution in [1.29, 1.82) is 0 Å². The van der Waals surface area contributed by atoms with E-state index < -0.39 is 0 Å². The summed E-state index contributed by atoms with van der Waals surface area (Å²) in [4.78, 5) is 4.56. The molecule has 94 valence electrons. The largest absolute Gasteiger partial charge is 0.361 e. The summed E-state index contributed by atoms with van der Waals surface area (Å²) in [7, 11) is 1.96. The molecule has 1 aliphatic heterocycles. The molecule has 0 aromatic carbocycles. The average molecular weight is 253 g/mol. The van der Waals surface area contributed by atoms with Gasteiger partial charge in [0, 0.05) is 31.8 Å². The Morgan fingerprint density at radius 2 is 2.47 bits per heavy atom. The summed E-state index contributed by atoms with van der Waals surface area (Å²) in [5.41, 5.74) is 0. The van der Waals surface area contributed by atoms with Gasteiger partial charge in [-0.25, -0.2) is 0 Å². The van der Waals surface area contributed by atoms with Crippen molar-refractivity contribution >= 4 is 16.9 Å². The molecule has 1 N–H and O–H groups in total. The smallest absolute Gasteiger partial charge is 0.156 e. The average Bonchev–Trinajstić information content (AvgIpc) is 2.89. The Balaban J connectivity index is 1.80. The summed E-state index contributed by atoms with van der Waals surface area (Å²) >= 11 is 1.82. The lowest BCUT2D eigenvalue weighted by molar-refractivity contribution is 0.503. The van der Waals surface area contributed by atoms with Gasteiger partial charge in [-0.1, -0.05) is 25.6 Å². The second-order valence-electron chi connectivity index (χ2n) is 4.60. The van der Waals surface area contributed by atoms with Crippen LogP contribution in [0.2, 0.25) is 0 Å². The van der Waals surface area contributed by atoms with Crippen LogP contribution >= 0.6 is 11.8 Å². The minimum atomic E-state index is 0.563. The SMILES string of the molecule is CC(C)[C@H]1CSC(=NCCc2nncn2C)N1. The van der Waals surface area contributed by atoms with E-state index in [2.05, 4.69) is 34.4 Å². The number of amidine groups is 1. The van der Waals surface area contributed by atoms with Gasteiger partial charge in [-0.05, 0) is 5.92 Å². The molecule has 0 bridgehead atoms. The quantitative estimate of drug-likeness (QED) is 0.872. The number of nitrogens with one attached hydrogen (secondary N) is 1. The fourth-order valence-corrected chi connectivity index (χ4v) is 2.87. The highest BCUT2D eigenvalue weighted by atomic mass is 32.2. The molecule has 1 atom stereocenters. The van der Waals surface area contributed by atoms with Gasteiger partial charge in [0.1, 0.15) is 12.2 Å². The van der Waals surface area contributed by atoms with E-state index in [-0.39, 0.29) is 0 Å². The van der Waals surface area contributed by atoms with Gasteiger partial charge >= 0.3 is 0 Å². The summed E-state index contributed by atoms with van der Waals surface area (Å²) in [6, 6.07) is 0.563. The fraction of sp³-hybridized carbons (Fsp3) is 0.727. The second kappa shape index (κ2) is 5.53. The highest BCUT2D eigenvalue weighted by Gasteiger charge is 2.22. The van der Waals surface area contributed by atoms with Gasteiger partial charge < -0.3 is 9.88 Å². The Hall–Kier alpha value is -1.04. The van der Waals surface area contributed by atoms with Crippen LogP contribution in [0.15, 0.2) is 11.3 Å². The summed E-state index contributed by atoms with van der Waals surface area (Å²) in [6.45, 7) is 5.24. The molecule has 0 spiro atoms. The topological polar surface area (TPSA) is 55.1 Å². The Bertz CT molecular complexity index is 398. The van der Waals surface area contributed by atoms with Gasteiger partial charge in [-0.3, -0.25) is 4.99 Å².